The fourth-order valence-corrected chi connectivity index (χ4v) is 4.83. The van der Waals surface area contributed by atoms with E-state index in [2.05, 4.69) is 15.2 Å². The molecule has 1 aliphatic rings. The highest BCUT2D eigenvalue weighted by Gasteiger charge is 2.41. The van der Waals surface area contributed by atoms with E-state index < -0.39 is 32.9 Å². The van der Waals surface area contributed by atoms with Crippen LogP contribution in [0.3, 0.4) is 0 Å². The lowest BCUT2D eigenvalue weighted by Gasteiger charge is -2.34. The molecule has 0 aliphatic carbocycles. The summed E-state index contributed by atoms with van der Waals surface area (Å²) in [6.07, 6.45) is 1.12. The van der Waals surface area contributed by atoms with E-state index in [1.807, 2.05) is 0 Å². The van der Waals surface area contributed by atoms with Crippen molar-refractivity contribution in [2.75, 3.05) is 12.8 Å². The van der Waals surface area contributed by atoms with Crippen molar-refractivity contribution in [3.8, 4) is 22.6 Å². The number of sulfonamides is 1. The molecule has 0 saturated carbocycles. The molecule has 1 aliphatic heterocycles. The molecule has 0 spiro atoms. The van der Waals surface area contributed by atoms with Gasteiger partial charge < -0.3 is 10.2 Å². The van der Waals surface area contributed by atoms with Crippen LogP contribution in [-0.2, 0) is 15.6 Å². The van der Waals surface area contributed by atoms with Gasteiger partial charge in [-0.05, 0) is 48.4 Å². The molecule has 2 aromatic carbocycles. The van der Waals surface area contributed by atoms with Gasteiger partial charge in [0, 0.05) is 18.2 Å². The molecule has 4 rings (SSSR count). The van der Waals surface area contributed by atoms with Gasteiger partial charge >= 0.3 is 0 Å². The summed E-state index contributed by atoms with van der Waals surface area (Å²) >= 11 is 0. The first kappa shape index (κ1) is 20.0. The third-order valence-corrected chi connectivity index (χ3v) is 6.90. The van der Waals surface area contributed by atoms with Crippen LogP contribution >= 0.6 is 0 Å². The van der Waals surface area contributed by atoms with Crippen molar-refractivity contribution in [1.82, 2.24) is 14.5 Å². The Balaban J connectivity index is 1.84. The number of hydrogen-bond acceptors (Lipinski definition) is 7. The van der Waals surface area contributed by atoms with Gasteiger partial charge in [0.25, 0.3) is 0 Å². The number of halogens is 2. The number of benzene rings is 2. The van der Waals surface area contributed by atoms with E-state index in [1.54, 1.807) is 6.07 Å². The average Bonchev–Trinajstić information content (AvgIpc) is 3.20. The molecule has 156 valence electrons. The van der Waals surface area contributed by atoms with Crippen LogP contribution in [-0.4, -0.2) is 41.7 Å². The highest BCUT2D eigenvalue weighted by Crippen LogP contribution is 2.36. The monoisotopic (exact) mass is 433 g/mol. The predicted molar refractivity (Wildman–Crippen MR) is 106 cm³/mol. The first-order valence-corrected chi connectivity index (χ1v) is 10.4. The maximum Gasteiger partial charge on any atom is 0.247 e. The Bertz CT molecular complexity index is 1260. The van der Waals surface area contributed by atoms with E-state index in [1.165, 1.54) is 44.3 Å². The molecule has 0 amide bonds. The van der Waals surface area contributed by atoms with Gasteiger partial charge in [0.15, 0.2) is 0 Å². The molecule has 8 nitrogen and oxygen atoms in total. The Morgan fingerprint density at radius 2 is 1.87 bits per heavy atom. The van der Waals surface area contributed by atoms with Gasteiger partial charge in [0.1, 0.15) is 17.2 Å². The molecule has 1 atom stereocenters. The summed E-state index contributed by atoms with van der Waals surface area (Å²) in [6, 6.07) is 8.20. The van der Waals surface area contributed by atoms with Gasteiger partial charge in [0.05, 0.1) is 5.75 Å². The molecule has 0 bridgehead atoms. The van der Waals surface area contributed by atoms with Gasteiger partial charge in [0.2, 0.25) is 28.3 Å². The van der Waals surface area contributed by atoms with Crippen molar-refractivity contribution in [3.63, 3.8) is 0 Å². The van der Waals surface area contributed by atoms with Crippen molar-refractivity contribution in [2.24, 2.45) is 10.7 Å². The molecule has 30 heavy (non-hydrogen) atoms. The summed E-state index contributed by atoms with van der Waals surface area (Å²) < 4.78 is 59.8. The summed E-state index contributed by atoms with van der Waals surface area (Å²) in [6.45, 7) is 1.49. The van der Waals surface area contributed by atoms with E-state index in [0.29, 0.717) is 16.7 Å². The number of hydrogen-bond donors (Lipinski definition) is 1. The van der Waals surface area contributed by atoms with Gasteiger partial charge in [-0.15, -0.1) is 10.2 Å². The average molecular weight is 433 g/mol. The van der Waals surface area contributed by atoms with Gasteiger partial charge in [-0.25, -0.2) is 26.5 Å². The minimum atomic E-state index is -3.78. The van der Waals surface area contributed by atoms with Crippen molar-refractivity contribution in [2.45, 2.75) is 12.5 Å². The number of nitrogens with two attached hydrogens (primary N) is 1. The molecule has 11 heteroatoms. The minimum absolute atomic E-state index is 0.0308. The Morgan fingerprint density at radius 1 is 1.13 bits per heavy atom. The Morgan fingerprint density at radius 3 is 2.53 bits per heavy atom. The maximum absolute atomic E-state index is 14.7. The lowest BCUT2D eigenvalue weighted by Crippen LogP contribution is -2.50. The number of nitrogens with zero attached hydrogens (tertiary/aromatic N) is 4. The number of rotatable bonds is 3. The second-order valence-corrected chi connectivity index (χ2v) is 9.13. The van der Waals surface area contributed by atoms with Gasteiger partial charge in [-0.3, -0.25) is 0 Å². The number of aromatic nitrogens is 2. The first-order chi connectivity index (χ1) is 14.1. The molecule has 3 aromatic rings. The molecule has 0 fully saturated rings. The van der Waals surface area contributed by atoms with E-state index in [4.69, 9.17) is 10.2 Å². The summed E-state index contributed by atoms with van der Waals surface area (Å²) in [7, 11) is -2.50. The largest absolute Gasteiger partial charge is 0.423 e. The van der Waals surface area contributed by atoms with E-state index in [9.17, 15) is 17.2 Å². The first-order valence-electron chi connectivity index (χ1n) is 8.78. The highest BCUT2D eigenvalue weighted by molar-refractivity contribution is 7.89. The second-order valence-electron chi connectivity index (χ2n) is 7.13. The zero-order valence-electron chi connectivity index (χ0n) is 16.0. The summed E-state index contributed by atoms with van der Waals surface area (Å²) in [5.41, 5.74) is 5.57. The lowest BCUT2D eigenvalue weighted by molar-refractivity contribution is 0.458. The van der Waals surface area contributed by atoms with Crippen LogP contribution in [0.5, 0.6) is 0 Å². The zero-order chi connectivity index (χ0) is 21.7. The van der Waals surface area contributed by atoms with Crippen LogP contribution < -0.4 is 5.73 Å². The molecule has 1 unspecified atom stereocenters. The molecule has 0 saturated heterocycles. The smallest absolute Gasteiger partial charge is 0.247 e. The van der Waals surface area contributed by atoms with Crippen molar-refractivity contribution < 1.29 is 21.6 Å². The van der Waals surface area contributed by atoms with Crippen molar-refractivity contribution in [3.05, 3.63) is 60.0 Å². The van der Waals surface area contributed by atoms with Crippen LogP contribution in [0.15, 0.2) is 52.2 Å². The van der Waals surface area contributed by atoms with E-state index >= 15 is 0 Å². The molecular formula is C19H17F2N5O3S. The molecule has 0 radical (unpaired) electrons. The van der Waals surface area contributed by atoms with E-state index in [0.717, 1.165) is 10.7 Å². The Kier molecular flexibility index (Phi) is 4.57. The number of guanidine groups is 1. The second kappa shape index (κ2) is 6.87. The summed E-state index contributed by atoms with van der Waals surface area (Å²) in [4.78, 5) is 4.23. The quantitative estimate of drug-likeness (QED) is 0.679. The molecule has 2 N–H and O–H groups in total. The topological polar surface area (TPSA) is 115 Å². The maximum atomic E-state index is 14.7. The molecular weight excluding hydrogens is 416 g/mol. The van der Waals surface area contributed by atoms with Crippen molar-refractivity contribution in [1.29, 1.82) is 0 Å². The van der Waals surface area contributed by atoms with Gasteiger partial charge in [-0.1, -0.05) is 6.07 Å². The van der Waals surface area contributed by atoms with Crippen LogP contribution in [0.4, 0.5) is 8.78 Å². The van der Waals surface area contributed by atoms with Crippen LogP contribution in [0.2, 0.25) is 0 Å². The normalized spacial score (nSPS) is 20.8. The SMILES string of the molecule is CN1C(N)=NC(C)(c2cc(-c3cc(F)cc(-c4nnco4)c3)ccc2F)CS1(=O)=O. The van der Waals surface area contributed by atoms with Crippen LogP contribution in [0, 0.1) is 11.6 Å². The highest BCUT2D eigenvalue weighted by atomic mass is 32.2. The minimum Gasteiger partial charge on any atom is -0.423 e. The summed E-state index contributed by atoms with van der Waals surface area (Å²) in [5.74, 6) is -1.77. The Labute approximate surface area is 171 Å². The Hall–Kier alpha value is -3.34. The van der Waals surface area contributed by atoms with Crippen molar-refractivity contribution >= 4 is 16.0 Å². The standard InChI is InChI=1S/C19H17F2N5O3S/c1-19(9-30(27,28)26(2)18(22)24-19)15-8-11(3-4-16(15)21)12-5-13(7-14(20)6-12)17-25-23-10-29-17/h3-8,10H,9H2,1-2H3,(H2,22,24). The van der Waals surface area contributed by atoms with Crippen LogP contribution in [0.25, 0.3) is 22.6 Å². The fraction of sp³-hybridized carbons (Fsp3) is 0.211. The third kappa shape index (κ3) is 3.41. The van der Waals surface area contributed by atoms with E-state index in [-0.39, 0.29) is 17.4 Å². The number of aliphatic imine (C=N–C) groups is 1. The molecule has 1 aromatic heterocycles. The van der Waals surface area contributed by atoms with Gasteiger partial charge in [-0.2, -0.15) is 0 Å². The zero-order valence-corrected chi connectivity index (χ0v) is 16.8. The summed E-state index contributed by atoms with van der Waals surface area (Å²) in [5, 5.41) is 7.34. The van der Waals surface area contributed by atoms with Crippen LogP contribution in [0.1, 0.15) is 12.5 Å². The predicted octanol–water partition coefficient (Wildman–Crippen LogP) is 2.49. The lowest BCUT2D eigenvalue weighted by atomic mass is 9.90. The third-order valence-electron chi connectivity index (χ3n) is 4.95. The fourth-order valence-electron chi connectivity index (χ4n) is 3.38. The molecule has 2 heterocycles.